The van der Waals surface area contributed by atoms with Crippen molar-refractivity contribution in [2.24, 2.45) is 0 Å². The topological polar surface area (TPSA) is 92.2 Å². The molecule has 3 amide bonds. The second-order valence-corrected chi connectivity index (χ2v) is 9.34. The van der Waals surface area contributed by atoms with Crippen LogP contribution in [0.4, 0.5) is 5.69 Å². The number of fused-ring (bicyclic) bond motifs is 1. The van der Waals surface area contributed by atoms with Gasteiger partial charge in [0.2, 0.25) is 0 Å². The van der Waals surface area contributed by atoms with Gasteiger partial charge in [0, 0.05) is 14.9 Å². The molecular weight excluding hydrogens is 532 g/mol. The summed E-state index contributed by atoms with van der Waals surface area (Å²) < 4.78 is 2.01. The summed E-state index contributed by atoms with van der Waals surface area (Å²) in [6.07, 6.45) is 0. The number of amides is 3. The van der Waals surface area contributed by atoms with E-state index < -0.39 is 17.7 Å². The fraction of sp³-hybridized carbons (Fsp3) is 0.115. The first-order valence-corrected chi connectivity index (χ1v) is 12.0. The lowest BCUT2D eigenvalue weighted by atomic mass is 10.1. The molecule has 3 N–H and O–H groups in total. The van der Waals surface area contributed by atoms with Gasteiger partial charge in [0.15, 0.2) is 0 Å². The van der Waals surface area contributed by atoms with Crippen LogP contribution in [0.3, 0.4) is 0 Å². The largest absolute Gasteiger partial charge is 0.341 e. The molecule has 1 aromatic heterocycles. The number of aromatic nitrogens is 1. The number of nitrogens with one attached hydrogen (secondary N) is 3. The predicted octanol–water partition coefficient (Wildman–Crippen LogP) is 5.57. The molecule has 9 heteroatoms. The Kier molecular flexibility index (Phi) is 7.23. The van der Waals surface area contributed by atoms with Crippen LogP contribution in [0.1, 0.15) is 34.6 Å². The molecule has 0 unspecified atom stereocenters. The molecule has 1 atom stereocenters. The lowest BCUT2D eigenvalue weighted by molar-refractivity contribution is -0.137. The van der Waals surface area contributed by atoms with Gasteiger partial charge in [-0.25, -0.2) is 4.68 Å². The normalized spacial score (nSPS) is 11.7. The fourth-order valence-electron chi connectivity index (χ4n) is 3.62. The minimum atomic E-state index is -0.911. The van der Waals surface area contributed by atoms with Gasteiger partial charge in [0.25, 0.3) is 5.91 Å². The van der Waals surface area contributed by atoms with Crippen molar-refractivity contribution >= 4 is 61.8 Å². The third-order valence-corrected chi connectivity index (χ3v) is 6.33. The number of carbonyl (C=O) groups excluding carboxylic acids is 3. The highest BCUT2D eigenvalue weighted by Crippen LogP contribution is 2.26. The molecule has 4 rings (SSSR count). The Bertz CT molecular complexity index is 1440. The molecule has 0 saturated carbocycles. The number of benzene rings is 3. The highest BCUT2D eigenvalue weighted by atomic mass is 79.9. The number of nitrogens with zero attached hydrogens (tertiary/aromatic N) is 1. The summed E-state index contributed by atoms with van der Waals surface area (Å²) in [5.74, 6) is -2.21. The zero-order chi connectivity index (χ0) is 25.1. The fourth-order valence-corrected chi connectivity index (χ4v) is 4.39. The lowest BCUT2D eigenvalue weighted by Crippen LogP contribution is -2.40. The Balaban J connectivity index is 1.60. The Morgan fingerprint density at radius 2 is 1.69 bits per heavy atom. The van der Waals surface area contributed by atoms with Crippen LogP contribution in [0.5, 0.6) is 0 Å². The van der Waals surface area contributed by atoms with E-state index in [1.807, 2.05) is 49.4 Å². The number of hydrogen-bond acceptors (Lipinski definition) is 3. The number of aryl methyl sites for hydroxylation is 1. The summed E-state index contributed by atoms with van der Waals surface area (Å²) >= 11 is 9.58. The van der Waals surface area contributed by atoms with E-state index in [0.29, 0.717) is 21.6 Å². The van der Waals surface area contributed by atoms with E-state index in [9.17, 15) is 14.4 Å². The Labute approximate surface area is 215 Å². The van der Waals surface area contributed by atoms with Gasteiger partial charge in [-0.05, 0) is 77.3 Å². The van der Waals surface area contributed by atoms with Gasteiger partial charge in [0.1, 0.15) is 5.69 Å². The molecule has 0 aliphatic carbocycles. The van der Waals surface area contributed by atoms with Crippen molar-refractivity contribution in [1.82, 2.24) is 9.99 Å². The van der Waals surface area contributed by atoms with E-state index in [0.717, 1.165) is 15.6 Å². The molecule has 0 aliphatic heterocycles. The van der Waals surface area contributed by atoms with Crippen molar-refractivity contribution in [2.75, 3.05) is 10.7 Å². The molecule has 7 nitrogen and oxygen atoms in total. The van der Waals surface area contributed by atoms with Gasteiger partial charge in [0.05, 0.1) is 17.2 Å². The first kappa shape index (κ1) is 24.5. The zero-order valence-electron chi connectivity index (χ0n) is 18.9. The second-order valence-electron chi connectivity index (χ2n) is 8.05. The molecular formula is C26H22BrClN4O3. The predicted molar refractivity (Wildman–Crippen MR) is 141 cm³/mol. The van der Waals surface area contributed by atoms with Crippen LogP contribution < -0.4 is 16.1 Å². The molecule has 3 aromatic carbocycles. The number of halogens is 2. The number of carbonyl (C=O) groups is 3. The van der Waals surface area contributed by atoms with Crippen molar-refractivity contribution in [1.29, 1.82) is 0 Å². The smallest absolute Gasteiger partial charge is 0.328 e. The number of anilines is 1. The summed E-state index contributed by atoms with van der Waals surface area (Å²) in [4.78, 5) is 38.6. The molecule has 35 heavy (non-hydrogen) atoms. The molecule has 178 valence electrons. The van der Waals surface area contributed by atoms with E-state index in [2.05, 4.69) is 32.0 Å². The second kappa shape index (κ2) is 10.3. The molecule has 0 saturated heterocycles. The summed E-state index contributed by atoms with van der Waals surface area (Å²) in [6.45, 7) is 3.73. The third-order valence-electron chi connectivity index (χ3n) is 5.44. The average Bonchev–Trinajstić information content (AvgIpc) is 3.18. The Morgan fingerprint density at radius 3 is 2.40 bits per heavy atom. The van der Waals surface area contributed by atoms with Crippen LogP contribution in [0.2, 0.25) is 5.02 Å². The van der Waals surface area contributed by atoms with E-state index in [-0.39, 0.29) is 11.7 Å². The van der Waals surface area contributed by atoms with Crippen LogP contribution in [0.15, 0.2) is 77.3 Å². The summed E-state index contributed by atoms with van der Waals surface area (Å²) in [5.41, 5.74) is 5.65. The van der Waals surface area contributed by atoms with Crippen LogP contribution >= 0.6 is 27.5 Å². The first-order chi connectivity index (χ1) is 16.7. The minimum absolute atomic E-state index is 0.131. The SMILES string of the molecule is Cc1ccc(NC(=O)c2cc3cc(Cl)ccc3n2NC(=O)C(=O)N[C@@H](C)c2ccccc2)c(Br)c1. The lowest BCUT2D eigenvalue weighted by Gasteiger charge is -2.16. The minimum Gasteiger partial charge on any atom is -0.341 e. The van der Waals surface area contributed by atoms with E-state index in [4.69, 9.17) is 11.6 Å². The van der Waals surface area contributed by atoms with E-state index in [1.54, 1.807) is 37.3 Å². The summed E-state index contributed by atoms with van der Waals surface area (Å²) in [7, 11) is 0. The maximum atomic E-state index is 13.2. The summed E-state index contributed by atoms with van der Waals surface area (Å²) in [6, 6.07) is 21.0. The van der Waals surface area contributed by atoms with Crippen LogP contribution in [0.25, 0.3) is 10.9 Å². The van der Waals surface area contributed by atoms with Crippen LogP contribution in [0, 0.1) is 6.92 Å². The third kappa shape index (κ3) is 5.55. The van der Waals surface area contributed by atoms with Crippen LogP contribution in [-0.2, 0) is 9.59 Å². The zero-order valence-corrected chi connectivity index (χ0v) is 21.3. The monoisotopic (exact) mass is 552 g/mol. The summed E-state index contributed by atoms with van der Waals surface area (Å²) in [5, 5.41) is 6.61. The molecule has 4 aromatic rings. The van der Waals surface area contributed by atoms with Crippen LogP contribution in [-0.4, -0.2) is 22.4 Å². The van der Waals surface area contributed by atoms with Gasteiger partial charge in [-0.3, -0.25) is 19.8 Å². The van der Waals surface area contributed by atoms with Crippen molar-refractivity contribution in [2.45, 2.75) is 19.9 Å². The van der Waals surface area contributed by atoms with Crippen molar-refractivity contribution in [3.63, 3.8) is 0 Å². The highest BCUT2D eigenvalue weighted by Gasteiger charge is 2.22. The molecule has 0 radical (unpaired) electrons. The first-order valence-electron chi connectivity index (χ1n) is 10.8. The number of rotatable bonds is 5. The quantitative estimate of drug-likeness (QED) is 0.282. The molecule has 1 heterocycles. The Hall–Kier alpha value is -3.62. The maximum Gasteiger partial charge on any atom is 0.328 e. The van der Waals surface area contributed by atoms with Crippen molar-refractivity contribution in [3.8, 4) is 0 Å². The molecule has 0 spiro atoms. The van der Waals surface area contributed by atoms with Gasteiger partial charge in [-0.1, -0.05) is 48.0 Å². The van der Waals surface area contributed by atoms with Crippen molar-refractivity contribution in [3.05, 3.63) is 99.1 Å². The number of hydrogen-bond donors (Lipinski definition) is 3. The van der Waals surface area contributed by atoms with Crippen molar-refractivity contribution < 1.29 is 14.4 Å². The maximum absolute atomic E-state index is 13.2. The molecule has 0 fully saturated rings. The molecule has 0 aliphatic rings. The highest BCUT2D eigenvalue weighted by molar-refractivity contribution is 9.10. The van der Waals surface area contributed by atoms with E-state index in [1.165, 1.54) is 4.68 Å². The van der Waals surface area contributed by atoms with E-state index >= 15 is 0 Å². The molecule has 0 bridgehead atoms. The van der Waals surface area contributed by atoms with Gasteiger partial charge < -0.3 is 10.6 Å². The van der Waals surface area contributed by atoms with Gasteiger partial charge in [-0.2, -0.15) is 0 Å². The van der Waals surface area contributed by atoms with Gasteiger partial charge in [-0.15, -0.1) is 0 Å². The van der Waals surface area contributed by atoms with Gasteiger partial charge >= 0.3 is 11.8 Å². The standard InChI is InChI=1S/C26H22BrClN4O3/c1-15-8-10-21(20(27)12-15)30-24(33)23-14-18-13-19(28)9-11-22(18)32(23)31-26(35)25(34)29-16(2)17-6-4-3-5-7-17/h3-14,16H,1-2H3,(H,29,34)(H,30,33)(H,31,35)/t16-/m0/s1. The Morgan fingerprint density at radius 1 is 0.943 bits per heavy atom. The average molecular weight is 554 g/mol.